The van der Waals surface area contributed by atoms with Crippen LogP contribution in [0.3, 0.4) is 0 Å². The molecule has 2 aliphatic heterocycles. The molecule has 0 radical (unpaired) electrons. The molecule has 0 aromatic heterocycles. The maximum absolute atomic E-state index is 13.4. The van der Waals surface area contributed by atoms with Gasteiger partial charge >= 0.3 is 18.4 Å². The third kappa shape index (κ3) is 6.05. The summed E-state index contributed by atoms with van der Waals surface area (Å²) in [6, 6.07) is 3.80. The normalized spacial score (nSPS) is 20.5. The Labute approximate surface area is 185 Å². The van der Waals surface area contributed by atoms with Gasteiger partial charge in [-0.3, -0.25) is 4.90 Å². The third-order valence-electron chi connectivity index (χ3n) is 5.79. The largest absolute Gasteiger partial charge is 0.465 e. The van der Waals surface area contributed by atoms with Crippen LogP contribution >= 0.6 is 0 Å². The Morgan fingerprint density at radius 2 is 1.72 bits per heavy atom. The van der Waals surface area contributed by atoms with Crippen LogP contribution in [0.15, 0.2) is 18.2 Å². The Bertz CT molecular complexity index is 846. The zero-order valence-corrected chi connectivity index (χ0v) is 18.6. The maximum Gasteiger partial charge on any atom is 0.416 e. The van der Waals surface area contributed by atoms with Crippen molar-refractivity contribution in [3.63, 3.8) is 0 Å². The summed E-state index contributed by atoms with van der Waals surface area (Å²) in [7, 11) is 0. The second-order valence-corrected chi connectivity index (χ2v) is 9.37. The van der Waals surface area contributed by atoms with Crippen LogP contribution in [0.1, 0.15) is 49.8 Å². The second kappa shape index (κ2) is 9.17. The monoisotopic (exact) mass is 457 g/mol. The van der Waals surface area contributed by atoms with Crippen LogP contribution in [-0.2, 0) is 17.5 Å². The van der Waals surface area contributed by atoms with Gasteiger partial charge in [-0.2, -0.15) is 13.2 Å². The highest BCUT2D eigenvalue weighted by atomic mass is 19.4. The van der Waals surface area contributed by atoms with Crippen molar-refractivity contribution in [2.75, 3.05) is 39.3 Å². The summed E-state index contributed by atoms with van der Waals surface area (Å²) in [5.41, 5.74) is 0.0151. The van der Waals surface area contributed by atoms with E-state index in [0.29, 0.717) is 57.8 Å². The maximum atomic E-state index is 13.4. The number of hydrogen-bond acceptors (Lipinski definition) is 4. The third-order valence-corrected chi connectivity index (χ3v) is 5.79. The number of ether oxygens (including phenoxy) is 1. The Balaban J connectivity index is 1.78. The lowest BCUT2D eigenvalue weighted by Gasteiger charge is -2.33. The molecule has 3 rings (SSSR count). The highest BCUT2D eigenvalue weighted by Crippen LogP contribution is 2.36. The molecule has 2 fully saturated rings. The van der Waals surface area contributed by atoms with Gasteiger partial charge in [-0.05, 0) is 50.5 Å². The van der Waals surface area contributed by atoms with Crippen molar-refractivity contribution >= 4 is 12.2 Å². The van der Waals surface area contributed by atoms with E-state index in [1.54, 1.807) is 25.7 Å². The Morgan fingerprint density at radius 3 is 2.28 bits per heavy atom. The number of hydrogen-bond donors (Lipinski definition) is 1. The van der Waals surface area contributed by atoms with E-state index in [9.17, 15) is 22.8 Å². The standard InChI is InChI=1S/C22H30F3N3O4/c1-21(2,3)32-20(31)28-7-6-16(14-28)18-12-17(22(23,24)25)5-4-15(18)13-26-8-10-27(11-9-26)19(29)30/h4-5,12,16H,6-11,13-14H2,1-3H3,(H,29,30). The van der Waals surface area contributed by atoms with Crippen molar-refractivity contribution in [1.82, 2.24) is 14.7 Å². The minimum Gasteiger partial charge on any atom is -0.465 e. The average Bonchev–Trinajstić information content (AvgIpc) is 3.17. The van der Waals surface area contributed by atoms with E-state index < -0.39 is 29.5 Å². The molecule has 178 valence electrons. The van der Waals surface area contributed by atoms with Crippen molar-refractivity contribution in [1.29, 1.82) is 0 Å². The van der Waals surface area contributed by atoms with Gasteiger partial charge in [-0.1, -0.05) is 6.07 Å². The van der Waals surface area contributed by atoms with Crippen molar-refractivity contribution in [2.24, 2.45) is 0 Å². The van der Waals surface area contributed by atoms with Crippen LogP contribution < -0.4 is 0 Å². The number of nitrogens with zero attached hydrogens (tertiary/aromatic N) is 3. The molecule has 0 spiro atoms. The number of carboxylic acid groups (broad SMARTS) is 1. The van der Waals surface area contributed by atoms with E-state index in [1.165, 1.54) is 17.0 Å². The lowest BCUT2D eigenvalue weighted by molar-refractivity contribution is -0.137. The molecule has 0 bridgehead atoms. The molecular formula is C22H30F3N3O4. The molecule has 2 aliphatic rings. The summed E-state index contributed by atoms with van der Waals surface area (Å²) in [6.45, 7) is 8.23. The van der Waals surface area contributed by atoms with E-state index in [4.69, 9.17) is 9.84 Å². The van der Waals surface area contributed by atoms with E-state index in [-0.39, 0.29) is 5.92 Å². The van der Waals surface area contributed by atoms with Crippen molar-refractivity contribution in [2.45, 2.75) is 51.4 Å². The summed E-state index contributed by atoms with van der Waals surface area (Å²) in [4.78, 5) is 28.5. The molecule has 10 heteroatoms. The minimum atomic E-state index is -4.45. The molecule has 1 N–H and O–H groups in total. The molecule has 2 amide bonds. The first-order valence-electron chi connectivity index (χ1n) is 10.7. The summed E-state index contributed by atoms with van der Waals surface area (Å²) < 4.78 is 45.6. The zero-order chi connectivity index (χ0) is 23.7. The van der Waals surface area contributed by atoms with Gasteiger partial charge in [-0.15, -0.1) is 0 Å². The fraction of sp³-hybridized carbons (Fsp3) is 0.636. The van der Waals surface area contributed by atoms with Gasteiger partial charge < -0.3 is 19.6 Å². The lowest BCUT2D eigenvalue weighted by Crippen LogP contribution is -2.47. The van der Waals surface area contributed by atoms with E-state index in [2.05, 4.69) is 0 Å². The van der Waals surface area contributed by atoms with Gasteiger partial charge in [-0.25, -0.2) is 9.59 Å². The van der Waals surface area contributed by atoms with Crippen LogP contribution in [0.2, 0.25) is 0 Å². The predicted molar refractivity (Wildman–Crippen MR) is 111 cm³/mol. The number of likely N-dealkylation sites (tertiary alicyclic amines) is 1. The molecule has 1 aromatic rings. The van der Waals surface area contributed by atoms with Gasteiger partial charge in [0.05, 0.1) is 5.56 Å². The van der Waals surface area contributed by atoms with Gasteiger partial charge in [0.25, 0.3) is 0 Å². The highest BCUT2D eigenvalue weighted by molar-refractivity contribution is 5.68. The van der Waals surface area contributed by atoms with Gasteiger partial charge in [0.15, 0.2) is 0 Å². The van der Waals surface area contributed by atoms with Crippen molar-refractivity contribution < 1.29 is 32.6 Å². The van der Waals surface area contributed by atoms with Crippen LogP contribution in [0.4, 0.5) is 22.8 Å². The minimum absolute atomic E-state index is 0.222. The topological polar surface area (TPSA) is 73.3 Å². The summed E-state index contributed by atoms with van der Waals surface area (Å²) in [5.74, 6) is -0.222. The van der Waals surface area contributed by atoms with Crippen molar-refractivity contribution in [3.8, 4) is 0 Å². The number of benzene rings is 1. The van der Waals surface area contributed by atoms with E-state index in [1.807, 2.05) is 4.90 Å². The Kier molecular flexibility index (Phi) is 6.92. The number of halogens is 3. The molecular weight excluding hydrogens is 427 g/mol. The number of alkyl halides is 3. The first-order valence-corrected chi connectivity index (χ1v) is 10.7. The van der Waals surface area contributed by atoms with Crippen LogP contribution in [0.25, 0.3) is 0 Å². The number of carbonyl (C=O) groups is 2. The van der Waals surface area contributed by atoms with Crippen LogP contribution in [0.5, 0.6) is 0 Å². The lowest BCUT2D eigenvalue weighted by atomic mass is 9.91. The smallest absolute Gasteiger partial charge is 0.416 e. The van der Waals surface area contributed by atoms with E-state index in [0.717, 1.165) is 11.6 Å². The molecule has 1 aromatic carbocycles. The molecule has 32 heavy (non-hydrogen) atoms. The fourth-order valence-corrected chi connectivity index (χ4v) is 4.14. The summed E-state index contributed by atoms with van der Waals surface area (Å²) in [5, 5.41) is 9.11. The van der Waals surface area contributed by atoms with Crippen LogP contribution in [-0.4, -0.2) is 76.9 Å². The molecule has 1 atom stereocenters. The van der Waals surface area contributed by atoms with Crippen molar-refractivity contribution in [3.05, 3.63) is 34.9 Å². The molecule has 0 saturated carbocycles. The quantitative estimate of drug-likeness (QED) is 0.736. The summed E-state index contributed by atoms with van der Waals surface area (Å²) in [6.07, 6.45) is -5.32. The molecule has 2 heterocycles. The fourth-order valence-electron chi connectivity index (χ4n) is 4.14. The number of rotatable bonds is 3. The molecule has 2 saturated heterocycles. The highest BCUT2D eigenvalue weighted by Gasteiger charge is 2.35. The molecule has 0 aliphatic carbocycles. The zero-order valence-electron chi connectivity index (χ0n) is 18.6. The molecule has 7 nitrogen and oxygen atoms in total. The van der Waals surface area contributed by atoms with Crippen LogP contribution in [0, 0.1) is 0 Å². The SMILES string of the molecule is CC(C)(C)OC(=O)N1CCC(c2cc(C(F)(F)F)ccc2CN2CCN(C(=O)O)CC2)C1. The molecule has 1 unspecified atom stereocenters. The number of piperazine rings is 1. The second-order valence-electron chi connectivity index (χ2n) is 9.37. The first kappa shape index (κ1) is 24.2. The average molecular weight is 457 g/mol. The van der Waals surface area contributed by atoms with Gasteiger partial charge in [0.2, 0.25) is 0 Å². The van der Waals surface area contributed by atoms with Gasteiger partial charge in [0, 0.05) is 51.7 Å². The van der Waals surface area contributed by atoms with Gasteiger partial charge in [0.1, 0.15) is 5.60 Å². The predicted octanol–water partition coefficient (Wildman–Crippen LogP) is 4.23. The Hall–Kier alpha value is -2.49. The number of amides is 2. The summed E-state index contributed by atoms with van der Waals surface area (Å²) >= 11 is 0. The first-order chi connectivity index (χ1) is 14.8. The van der Waals surface area contributed by atoms with E-state index >= 15 is 0 Å². The Morgan fingerprint density at radius 1 is 1.06 bits per heavy atom. The number of carbonyl (C=O) groups excluding carboxylic acids is 1.